The van der Waals surface area contributed by atoms with Gasteiger partial charge in [0.25, 0.3) is 11.8 Å². The Morgan fingerprint density at radius 1 is 0.486 bits per heavy atom. The van der Waals surface area contributed by atoms with Crippen LogP contribution in [-0.4, -0.2) is 183 Å². The molecule has 0 unspecified atom stereocenters. The first-order valence-electron chi connectivity index (χ1n) is 34.5. The molecule has 2 heterocycles. The van der Waals surface area contributed by atoms with Gasteiger partial charge in [0.05, 0.1) is 75.2 Å². The molecule has 0 radical (unpaired) electrons. The second-order valence-corrected chi connectivity index (χ2v) is 25.4. The fourth-order valence-electron chi connectivity index (χ4n) is 11.0. The van der Waals surface area contributed by atoms with Crippen LogP contribution < -0.4 is 61.5 Å². The van der Waals surface area contributed by atoms with Crippen LogP contribution in [-0.2, 0) is 51.3 Å². The summed E-state index contributed by atoms with van der Waals surface area (Å²) in [6, 6.07) is 13.6. The van der Waals surface area contributed by atoms with Gasteiger partial charge in [-0.3, -0.25) is 39.4 Å². The number of benzene rings is 4. The van der Waals surface area contributed by atoms with Crippen LogP contribution in [0.3, 0.4) is 0 Å². The summed E-state index contributed by atoms with van der Waals surface area (Å²) in [7, 11) is 2.81. The van der Waals surface area contributed by atoms with Gasteiger partial charge in [-0.05, 0) is 119 Å². The molecular weight excluding hydrogens is 1360 g/mol. The molecule has 30 nitrogen and oxygen atoms in total. The van der Waals surface area contributed by atoms with Gasteiger partial charge < -0.3 is 89.8 Å². The maximum atomic E-state index is 14.4. The van der Waals surface area contributed by atoms with Gasteiger partial charge in [0, 0.05) is 36.6 Å². The highest BCUT2D eigenvalue weighted by Crippen LogP contribution is 2.39. The Bertz CT molecular complexity index is 3540. The molecule has 0 aromatic heterocycles. The second-order valence-electron chi connectivity index (χ2n) is 25.4. The van der Waals surface area contributed by atoms with Crippen LogP contribution in [0.4, 0.5) is 41.9 Å². The Labute approximate surface area is 610 Å². The Morgan fingerprint density at radius 2 is 0.857 bits per heavy atom. The molecule has 4 aromatic rings. The summed E-state index contributed by atoms with van der Waals surface area (Å²) in [6.45, 7) is 20.2. The quantitative estimate of drug-likeness (QED) is 0.0115. The van der Waals surface area contributed by atoms with E-state index >= 15 is 0 Å². The van der Waals surface area contributed by atoms with Gasteiger partial charge in [-0.15, -0.1) is 0 Å². The Balaban J connectivity index is 1.08. The highest BCUT2D eigenvalue weighted by molar-refractivity contribution is 6.05. The molecule has 30 heteroatoms. The van der Waals surface area contributed by atoms with Crippen molar-refractivity contribution in [1.29, 1.82) is 0 Å². The second kappa shape index (κ2) is 41.2. The van der Waals surface area contributed by atoms with E-state index in [-0.39, 0.29) is 123 Å². The molecule has 10 N–H and O–H groups in total. The number of methoxy groups -OCH3 is 2. The number of hydrogen-bond donors (Lipinski definition) is 10. The first-order valence-corrected chi connectivity index (χ1v) is 34.5. The predicted octanol–water partition coefficient (Wildman–Crippen LogP) is 8.90. The summed E-state index contributed by atoms with van der Waals surface area (Å²) in [5.41, 5.74) is 3.84. The van der Waals surface area contributed by atoms with Crippen molar-refractivity contribution in [3.8, 4) is 23.0 Å². The molecule has 0 spiro atoms. The van der Waals surface area contributed by atoms with Crippen molar-refractivity contribution < 1.29 is 96.1 Å². The molecule has 2 aliphatic heterocycles. The number of allylic oxidation sites excluding steroid dienone is 2. The standard InChI is InChI=1S/C75H98N10O20/c1-13-28-102-74(96)82-64(44(5)6)68(90)76-46(9)66(88)78-52-24-20-50(21-25-52)42-104-72(94)80-58-36-62(60(98-11)34-56(58)70(92)84-38-48(15-3)32-54(84)40-86)100-30-18-17-19-31-101-63-37-59(57(35-61(63)99-12)71(93)85-39-49(16-4)33-55(85)41-87)81-73(95)105-43-51-22-26-53(27-23-51)79-67(89)47(10)77-69(91)65(45(7)8)83-75(97)103-29-14-2/h13-16,20-27,34-37,44-47,54-55,64-65,86-87H,1-2,17-19,28-33,38-43H2,3-12H3,(H,76,90)(H,77,91)(H,78,88)(H,79,89)(H,80,94)(H,81,95)(H,82,96)(H,83,97)/b48-15+,49-16+/t46-,47-,54-,55-,64-,65-/m0/s1. The van der Waals surface area contributed by atoms with E-state index in [1.165, 1.54) is 74.3 Å². The molecule has 2 fully saturated rings. The Hall–Kier alpha value is -11.1. The minimum absolute atomic E-state index is 0.0342. The number of aliphatic hydroxyl groups is 2. The van der Waals surface area contributed by atoms with Crippen LogP contribution in [0.25, 0.3) is 0 Å². The molecule has 10 amide bonds. The largest absolute Gasteiger partial charge is 0.493 e. The van der Waals surface area contributed by atoms with Gasteiger partial charge in [-0.2, -0.15) is 0 Å². The topological polar surface area (TPSA) is 388 Å². The average molecular weight is 1460 g/mol. The van der Waals surface area contributed by atoms with E-state index in [0.717, 1.165) is 11.1 Å². The minimum atomic E-state index is -1.00. The lowest BCUT2D eigenvalue weighted by molar-refractivity contribution is -0.128. The lowest BCUT2D eigenvalue weighted by atomic mass is 10.0. The zero-order valence-corrected chi connectivity index (χ0v) is 61.0. The van der Waals surface area contributed by atoms with E-state index in [4.69, 9.17) is 37.9 Å². The summed E-state index contributed by atoms with van der Waals surface area (Å²) in [5.74, 6) is -3.18. The van der Waals surface area contributed by atoms with Crippen LogP contribution >= 0.6 is 0 Å². The van der Waals surface area contributed by atoms with Gasteiger partial charge in [0.15, 0.2) is 23.0 Å². The fourth-order valence-corrected chi connectivity index (χ4v) is 11.0. The minimum Gasteiger partial charge on any atom is -0.493 e. The molecule has 0 saturated carbocycles. The third-order valence-corrected chi connectivity index (χ3v) is 17.0. The Kier molecular flexibility index (Phi) is 32.5. The first-order chi connectivity index (χ1) is 50.3. The van der Waals surface area contributed by atoms with Crippen LogP contribution in [0.1, 0.15) is 119 Å². The van der Waals surface area contributed by atoms with Crippen LogP contribution in [0, 0.1) is 11.8 Å². The third kappa shape index (κ3) is 24.5. The van der Waals surface area contributed by atoms with Crippen LogP contribution in [0.15, 0.2) is 121 Å². The van der Waals surface area contributed by atoms with Gasteiger partial charge in [0.1, 0.15) is 50.6 Å². The summed E-state index contributed by atoms with van der Waals surface area (Å²) in [6.07, 6.45) is 5.50. The molecular formula is C75H98N10O20. The number of carbonyl (C=O) groups is 10. The number of rotatable bonds is 36. The van der Waals surface area contributed by atoms with Crippen molar-refractivity contribution in [2.24, 2.45) is 11.8 Å². The SMILES string of the molecule is C=CCOC(=O)N[C@H](C(=O)N[C@@H](C)C(=O)Nc1ccc(COC(=O)Nc2cc(OCCCCCOc3cc(NC(=O)OCc4ccc(NC(=O)[C@H](C)NC(=O)[C@@H](NC(=O)OCC=C)C(C)C)cc4)c(C(=O)N4C/C(=C/C)C[C@H]4CO)cc3OC)c(OC)cc2C(=O)N2C/C(=C/C)C[C@H]2CO)cc1)C(C)C. The highest BCUT2D eigenvalue weighted by atomic mass is 16.6. The average Bonchev–Trinajstić information content (AvgIpc) is 1.56. The number of nitrogens with one attached hydrogen (secondary N) is 8. The molecule has 6 rings (SSSR count). The summed E-state index contributed by atoms with van der Waals surface area (Å²) in [5, 5.41) is 41.7. The summed E-state index contributed by atoms with van der Waals surface area (Å²) < 4.78 is 45.0. The third-order valence-electron chi connectivity index (χ3n) is 17.0. The smallest absolute Gasteiger partial charge is 0.411 e. The molecule has 0 bridgehead atoms. The number of ether oxygens (including phenoxy) is 8. The number of likely N-dealkylation sites (tertiary alicyclic amines) is 2. The number of anilines is 4. The number of aliphatic hydroxyl groups excluding tert-OH is 2. The predicted molar refractivity (Wildman–Crippen MR) is 391 cm³/mol. The van der Waals surface area contributed by atoms with Gasteiger partial charge in [-0.25, -0.2) is 19.2 Å². The van der Waals surface area contributed by atoms with Crippen LogP contribution in [0.2, 0.25) is 0 Å². The number of unbranched alkanes of at least 4 members (excludes halogenated alkanes) is 2. The molecule has 4 aromatic carbocycles. The van der Waals surface area contributed by atoms with Crippen molar-refractivity contribution in [3.63, 3.8) is 0 Å². The number of hydrogen-bond acceptors (Lipinski definition) is 20. The zero-order chi connectivity index (χ0) is 76.9. The molecule has 105 heavy (non-hydrogen) atoms. The number of nitrogens with zero attached hydrogens (tertiary/aromatic N) is 2. The zero-order valence-electron chi connectivity index (χ0n) is 61.0. The number of alkyl carbamates (subject to hydrolysis) is 2. The monoisotopic (exact) mass is 1460 g/mol. The maximum absolute atomic E-state index is 14.4. The van der Waals surface area contributed by atoms with E-state index in [1.54, 1.807) is 76.2 Å². The number of amides is 10. The molecule has 568 valence electrons. The van der Waals surface area contributed by atoms with Gasteiger partial charge in [-0.1, -0.05) is 101 Å². The number of carbonyl (C=O) groups excluding carboxylic acids is 10. The van der Waals surface area contributed by atoms with Crippen molar-refractivity contribution in [2.75, 3.05) is 88.2 Å². The van der Waals surface area contributed by atoms with Gasteiger partial charge >= 0.3 is 24.4 Å². The van der Waals surface area contributed by atoms with Crippen LogP contribution in [0.5, 0.6) is 23.0 Å². The molecule has 6 atom stereocenters. The van der Waals surface area contributed by atoms with Crippen molar-refractivity contribution >= 4 is 82.6 Å². The maximum Gasteiger partial charge on any atom is 0.411 e. The van der Waals surface area contributed by atoms with E-state index in [9.17, 15) is 58.2 Å². The Morgan fingerprint density at radius 3 is 1.18 bits per heavy atom. The summed E-state index contributed by atoms with van der Waals surface area (Å²) in [4.78, 5) is 136. The molecule has 2 aliphatic rings. The van der Waals surface area contributed by atoms with Crippen molar-refractivity contribution in [1.82, 2.24) is 31.1 Å². The van der Waals surface area contributed by atoms with E-state index in [1.807, 2.05) is 26.0 Å². The van der Waals surface area contributed by atoms with Crippen molar-refractivity contribution in [3.05, 3.63) is 144 Å². The first kappa shape index (κ1) is 82.8. The van der Waals surface area contributed by atoms with E-state index < -0.39 is 96.1 Å². The fraction of sp³-hybridized carbons (Fsp3) is 0.440. The van der Waals surface area contributed by atoms with E-state index in [0.29, 0.717) is 54.6 Å². The molecule has 0 aliphatic carbocycles. The summed E-state index contributed by atoms with van der Waals surface area (Å²) >= 11 is 0. The normalized spacial score (nSPS) is 15.8. The lowest BCUT2D eigenvalue weighted by Crippen LogP contribution is -2.53. The lowest BCUT2D eigenvalue weighted by Gasteiger charge is -2.25. The van der Waals surface area contributed by atoms with E-state index in [2.05, 4.69) is 55.7 Å². The highest BCUT2D eigenvalue weighted by Gasteiger charge is 2.36. The van der Waals surface area contributed by atoms with Gasteiger partial charge in [0.2, 0.25) is 23.6 Å². The van der Waals surface area contributed by atoms with Crippen molar-refractivity contribution in [2.45, 2.75) is 137 Å². The molecule has 2 saturated heterocycles.